The first-order chi connectivity index (χ1) is 8.77. The third-order valence-corrected chi connectivity index (χ3v) is 2.31. The van der Waals surface area contributed by atoms with Crippen molar-refractivity contribution in [2.24, 2.45) is 0 Å². The molecular formula is C10H12N6O2. The minimum Gasteiger partial charge on any atom is -0.478 e. The molecular weight excluding hydrogens is 236 g/mol. The molecule has 0 saturated heterocycles. The van der Waals surface area contributed by atoms with E-state index < -0.39 is 5.97 Å². The number of carbonyl (C=O) groups is 1. The summed E-state index contributed by atoms with van der Waals surface area (Å²) in [7, 11) is 0. The predicted octanol–water partition coefficient (Wildman–Crippen LogP) is -0.444. The van der Waals surface area contributed by atoms with Crippen LogP contribution in [0, 0.1) is 0 Å². The summed E-state index contributed by atoms with van der Waals surface area (Å²) in [4.78, 5) is 18.5. The lowest BCUT2D eigenvalue weighted by molar-refractivity contribution is 0.0694. The summed E-state index contributed by atoms with van der Waals surface area (Å²) in [6.07, 6.45) is 5.99. The largest absolute Gasteiger partial charge is 0.478 e. The molecule has 2 rings (SSSR count). The molecule has 0 aliphatic heterocycles. The maximum Gasteiger partial charge on any atom is 0.339 e. The van der Waals surface area contributed by atoms with Crippen LogP contribution >= 0.6 is 0 Å². The molecule has 2 aromatic heterocycles. The zero-order chi connectivity index (χ0) is 12.8. The highest BCUT2D eigenvalue weighted by atomic mass is 16.4. The zero-order valence-electron chi connectivity index (χ0n) is 9.52. The molecule has 0 spiro atoms. The van der Waals surface area contributed by atoms with E-state index in [2.05, 4.69) is 25.6 Å². The number of rotatable bonds is 6. The van der Waals surface area contributed by atoms with Crippen LogP contribution in [0.2, 0.25) is 0 Å². The molecule has 0 atom stereocenters. The average Bonchev–Trinajstić information content (AvgIpc) is 2.88. The maximum absolute atomic E-state index is 10.9. The van der Waals surface area contributed by atoms with Crippen LogP contribution in [0.5, 0.6) is 0 Å². The van der Waals surface area contributed by atoms with E-state index in [4.69, 9.17) is 5.11 Å². The smallest absolute Gasteiger partial charge is 0.339 e. The van der Waals surface area contributed by atoms with Gasteiger partial charge in [-0.15, -0.1) is 5.10 Å². The second-order valence-electron chi connectivity index (χ2n) is 3.53. The molecule has 94 valence electrons. The molecule has 0 fully saturated rings. The van der Waals surface area contributed by atoms with E-state index in [1.165, 1.54) is 12.5 Å². The lowest BCUT2D eigenvalue weighted by Crippen LogP contribution is -2.22. The van der Waals surface area contributed by atoms with Gasteiger partial charge < -0.3 is 10.4 Å². The Morgan fingerprint density at radius 2 is 2.39 bits per heavy atom. The molecule has 0 amide bonds. The summed E-state index contributed by atoms with van der Waals surface area (Å²) >= 11 is 0. The number of hydrogen-bond acceptors (Lipinski definition) is 6. The minimum atomic E-state index is -1.02. The van der Waals surface area contributed by atoms with Gasteiger partial charge in [0.1, 0.15) is 11.9 Å². The predicted molar refractivity (Wildman–Crippen MR) is 60.7 cm³/mol. The molecule has 0 radical (unpaired) electrons. The van der Waals surface area contributed by atoms with E-state index >= 15 is 0 Å². The summed E-state index contributed by atoms with van der Waals surface area (Å²) in [5.74, 6) is -1.02. The number of carboxylic acid groups (broad SMARTS) is 1. The highest BCUT2D eigenvalue weighted by molar-refractivity contribution is 5.88. The fourth-order valence-electron chi connectivity index (χ4n) is 1.43. The van der Waals surface area contributed by atoms with Crippen molar-refractivity contribution < 1.29 is 9.90 Å². The van der Waals surface area contributed by atoms with Gasteiger partial charge >= 0.3 is 5.97 Å². The summed E-state index contributed by atoms with van der Waals surface area (Å²) in [5.41, 5.74) is 0.585. The molecule has 2 heterocycles. The molecule has 0 aliphatic carbocycles. The minimum absolute atomic E-state index is 0.116. The van der Waals surface area contributed by atoms with Crippen molar-refractivity contribution in [1.82, 2.24) is 30.3 Å². The summed E-state index contributed by atoms with van der Waals surface area (Å²) < 4.78 is 1.69. The van der Waals surface area contributed by atoms with E-state index in [9.17, 15) is 4.79 Å². The highest BCUT2D eigenvalue weighted by Gasteiger charge is 2.10. The van der Waals surface area contributed by atoms with Gasteiger partial charge in [-0.25, -0.2) is 14.8 Å². The normalized spacial score (nSPS) is 10.4. The van der Waals surface area contributed by atoms with Crippen LogP contribution in [0.4, 0.5) is 0 Å². The Balaban J connectivity index is 1.85. The van der Waals surface area contributed by atoms with Gasteiger partial charge in [-0.2, -0.15) is 0 Å². The molecule has 2 aromatic rings. The lowest BCUT2D eigenvalue weighted by Gasteiger charge is -2.06. The van der Waals surface area contributed by atoms with E-state index in [0.29, 0.717) is 25.3 Å². The lowest BCUT2D eigenvalue weighted by atomic mass is 10.2. The zero-order valence-corrected chi connectivity index (χ0v) is 9.52. The third kappa shape index (κ3) is 3.08. The first kappa shape index (κ1) is 12.1. The van der Waals surface area contributed by atoms with E-state index in [-0.39, 0.29) is 5.56 Å². The monoisotopic (exact) mass is 248 g/mol. The number of aromatic nitrogens is 5. The summed E-state index contributed by atoms with van der Waals surface area (Å²) in [6, 6.07) is 0. The van der Waals surface area contributed by atoms with Crippen molar-refractivity contribution in [2.45, 2.75) is 13.1 Å². The molecule has 0 aliphatic rings. The van der Waals surface area contributed by atoms with Crippen LogP contribution in [0.25, 0.3) is 0 Å². The standard InChI is InChI=1S/C10H12N6O2/c17-10(18)8-5-12-7-13-9(8)6-11-1-3-16-4-2-14-15-16/h2,4-5,7,11H,1,3,6H2,(H,17,18). The van der Waals surface area contributed by atoms with Crippen LogP contribution in [0.3, 0.4) is 0 Å². The second kappa shape index (κ2) is 5.82. The first-order valence-corrected chi connectivity index (χ1v) is 5.34. The number of aromatic carboxylic acids is 1. The van der Waals surface area contributed by atoms with Gasteiger partial charge in [0.25, 0.3) is 0 Å². The van der Waals surface area contributed by atoms with Gasteiger partial charge in [0.05, 0.1) is 18.4 Å². The van der Waals surface area contributed by atoms with Crippen LogP contribution < -0.4 is 5.32 Å². The Bertz CT molecular complexity index is 513. The SMILES string of the molecule is O=C(O)c1cncnc1CNCCn1ccnn1. The van der Waals surface area contributed by atoms with Gasteiger partial charge in [0.15, 0.2) is 0 Å². The Labute approximate surface area is 103 Å². The Morgan fingerprint density at radius 1 is 1.50 bits per heavy atom. The summed E-state index contributed by atoms with van der Waals surface area (Å²) in [6.45, 7) is 1.68. The average molecular weight is 248 g/mol. The molecule has 0 bridgehead atoms. The van der Waals surface area contributed by atoms with Crippen LogP contribution in [0.1, 0.15) is 16.1 Å². The van der Waals surface area contributed by atoms with Crippen LogP contribution in [-0.2, 0) is 13.1 Å². The number of hydrogen-bond donors (Lipinski definition) is 2. The fourth-order valence-corrected chi connectivity index (χ4v) is 1.43. The quantitative estimate of drug-likeness (QED) is 0.667. The molecule has 8 heteroatoms. The van der Waals surface area contributed by atoms with Gasteiger partial charge in [0, 0.05) is 25.5 Å². The van der Waals surface area contributed by atoms with Crippen molar-refractivity contribution >= 4 is 5.97 Å². The van der Waals surface area contributed by atoms with E-state index in [1.807, 2.05) is 0 Å². The van der Waals surface area contributed by atoms with Crippen molar-refractivity contribution in [1.29, 1.82) is 0 Å². The molecule has 2 N–H and O–H groups in total. The topological polar surface area (TPSA) is 106 Å². The molecule has 0 aromatic carbocycles. The summed E-state index contributed by atoms with van der Waals surface area (Å²) in [5, 5.41) is 19.5. The number of nitrogens with one attached hydrogen (secondary N) is 1. The Kier molecular flexibility index (Phi) is 3.92. The van der Waals surface area contributed by atoms with Crippen molar-refractivity contribution in [3.8, 4) is 0 Å². The van der Waals surface area contributed by atoms with Crippen molar-refractivity contribution in [2.75, 3.05) is 6.54 Å². The Hall–Kier alpha value is -2.35. The maximum atomic E-state index is 10.9. The number of carboxylic acids is 1. The van der Waals surface area contributed by atoms with Crippen LogP contribution in [-0.4, -0.2) is 42.6 Å². The van der Waals surface area contributed by atoms with E-state index in [1.54, 1.807) is 17.1 Å². The molecule has 0 saturated carbocycles. The molecule has 8 nitrogen and oxygen atoms in total. The van der Waals surface area contributed by atoms with E-state index in [0.717, 1.165) is 0 Å². The first-order valence-electron chi connectivity index (χ1n) is 5.34. The fraction of sp³-hybridized carbons (Fsp3) is 0.300. The van der Waals surface area contributed by atoms with Crippen LogP contribution in [0.15, 0.2) is 24.9 Å². The van der Waals surface area contributed by atoms with Gasteiger partial charge in [-0.1, -0.05) is 5.21 Å². The third-order valence-electron chi connectivity index (χ3n) is 2.31. The highest BCUT2D eigenvalue weighted by Crippen LogP contribution is 2.02. The van der Waals surface area contributed by atoms with Crippen molar-refractivity contribution in [3.63, 3.8) is 0 Å². The van der Waals surface area contributed by atoms with Gasteiger partial charge in [-0.3, -0.25) is 4.68 Å². The Morgan fingerprint density at radius 3 is 3.11 bits per heavy atom. The number of nitrogens with zero attached hydrogens (tertiary/aromatic N) is 5. The molecule has 0 unspecified atom stereocenters. The van der Waals surface area contributed by atoms with Gasteiger partial charge in [0.2, 0.25) is 0 Å². The van der Waals surface area contributed by atoms with Gasteiger partial charge in [-0.05, 0) is 0 Å². The molecule has 18 heavy (non-hydrogen) atoms. The second-order valence-corrected chi connectivity index (χ2v) is 3.53. The van der Waals surface area contributed by atoms with Crippen molar-refractivity contribution in [3.05, 3.63) is 36.2 Å².